The molecule has 0 aliphatic carbocycles. The van der Waals surface area contributed by atoms with E-state index in [2.05, 4.69) is 33.9 Å². The number of hydrogen-bond donors (Lipinski definition) is 0. The van der Waals surface area contributed by atoms with Crippen LogP contribution in [-0.4, -0.2) is 26.5 Å². The lowest BCUT2D eigenvalue weighted by Crippen LogP contribution is -2.48. The summed E-state index contributed by atoms with van der Waals surface area (Å²) >= 11 is 0. The fraction of sp³-hybridized carbons (Fsp3) is 0.737. The minimum Gasteiger partial charge on any atom is -0.494 e. The summed E-state index contributed by atoms with van der Waals surface area (Å²) in [4.78, 5) is 12.4. The Morgan fingerprint density at radius 2 is 1.88 bits per heavy atom. The van der Waals surface area contributed by atoms with Crippen molar-refractivity contribution in [2.24, 2.45) is 5.41 Å². The second kappa shape index (κ2) is 7.44. The van der Waals surface area contributed by atoms with Gasteiger partial charge in [-0.1, -0.05) is 26.8 Å². The molecule has 0 aromatic heterocycles. The Bertz CT molecular complexity index is 500. The van der Waals surface area contributed by atoms with Crippen molar-refractivity contribution in [3.05, 3.63) is 24.7 Å². The summed E-state index contributed by atoms with van der Waals surface area (Å²) in [6.07, 6.45) is 8.20. The molecule has 4 nitrogen and oxygen atoms in total. The molecule has 1 aliphatic heterocycles. The lowest BCUT2D eigenvalue weighted by molar-refractivity contribution is -0.157. The van der Waals surface area contributed by atoms with Gasteiger partial charge in [0.15, 0.2) is 8.32 Å². The second-order valence-corrected chi connectivity index (χ2v) is 13.3. The van der Waals surface area contributed by atoms with Crippen molar-refractivity contribution < 1.29 is 18.7 Å². The molecule has 0 saturated carbocycles. The standard InChI is InChI=1S/C19H34O4Si/c1-9-13-22-18(5,6)19(12-15-21-16(19)20)11-10-14-23-24(7,8)17(2,3)4/h9,12-13,15H,10-11,14H2,1-8H3/b13-9+. The zero-order valence-electron chi connectivity index (χ0n) is 16.6. The molecule has 1 heterocycles. The number of cyclic esters (lactones) is 1. The van der Waals surface area contributed by atoms with Crippen LogP contribution in [-0.2, 0) is 18.7 Å². The summed E-state index contributed by atoms with van der Waals surface area (Å²) in [7, 11) is -1.77. The fourth-order valence-corrected chi connectivity index (χ4v) is 3.64. The maximum Gasteiger partial charge on any atom is 0.324 e. The average Bonchev–Trinajstić information content (AvgIpc) is 2.83. The van der Waals surface area contributed by atoms with Crippen molar-refractivity contribution in [3.63, 3.8) is 0 Å². The van der Waals surface area contributed by atoms with E-state index in [0.717, 1.165) is 6.42 Å². The summed E-state index contributed by atoms with van der Waals surface area (Å²) in [6, 6.07) is 0. The van der Waals surface area contributed by atoms with Crippen LogP contribution in [0.5, 0.6) is 0 Å². The first kappa shape index (κ1) is 21.0. The SMILES string of the molecule is C/C=C/OC(C)(C)C1(CCCO[Si](C)(C)C(C)(C)C)C=COC1=O. The van der Waals surface area contributed by atoms with Crippen LogP contribution < -0.4 is 0 Å². The predicted molar refractivity (Wildman–Crippen MR) is 100 cm³/mol. The van der Waals surface area contributed by atoms with E-state index in [1.54, 1.807) is 6.26 Å². The van der Waals surface area contributed by atoms with E-state index in [0.29, 0.717) is 13.0 Å². The Hall–Kier alpha value is -1.07. The highest BCUT2D eigenvalue weighted by Gasteiger charge is 2.54. The zero-order valence-corrected chi connectivity index (χ0v) is 17.6. The highest BCUT2D eigenvalue weighted by molar-refractivity contribution is 6.74. The molecule has 0 saturated heterocycles. The number of ether oxygens (including phenoxy) is 2. The molecule has 0 N–H and O–H groups in total. The average molecular weight is 355 g/mol. The molecule has 0 radical (unpaired) electrons. The monoisotopic (exact) mass is 354 g/mol. The molecule has 1 unspecified atom stereocenters. The predicted octanol–water partition coefficient (Wildman–Crippen LogP) is 5.17. The maximum atomic E-state index is 12.4. The van der Waals surface area contributed by atoms with Gasteiger partial charge in [-0.3, -0.25) is 4.79 Å². The summed E-state index contributed by atoms with van der Waals surface area (Å²) in [6.45, 7) is 17.6. The Morgan fingerprint density at radius 3 is 2.33 bits per heavy atom. The molecule has 0 aromatic carbocycles. The van der Waals surface area contributed by atoms with E-state index in [1.807, 2.05) is 32.9 Å². The zero-order chi connectivity index (χ0) is 18.6. The molecule has 5 heteroatoms. The number of rotatable bonds is 8. The fourth-order valence-electron chi connectivity index (χ4n) is 2.56. The van der Waals surface area contributed by atoms with Gasteiger partial charge in [0.2, 0.25) is 0 Å². The number of carbonyl (C=O) groups excluding carboxylic acids is 1. The highest BCUT2D eigenvalue weighted by Crippen LogP contribution is 2.45. The van der Waals surface area contributed by atoms with Gasteiger partial charge in [0.1, 0.15) is 11.0 Å². The van der Waals surface area contributed by atoms with E-state index in [9.17, 15) is 4.79 Å². The number of allylic oxidation sites excluding steroid dienone is 1. The van der Waals surface area contributed by atoms with Crippen LogP contribution in [0.2, 0.25) is 18.1 Å². The van der Waals surface area contributed by atoms with E-state index in [-0.39, 0.29) is 11.0 Å². The number of hydrogen-bond acceptors (Lipinski definition) is 4. The van der Waals surface area contributed by atoms with E-state index >= 15 is 0 Å². The lowest BCUT2D eigenvalue weighted by atomic mass is 9.71. The van der Waals surface area contributed by atoms with Gasteiger partial charge < -0.3 is 13.9 Å². The van der Waals surface area contributed by atoms with Crippen molar-refractivity contribution in [2.75, 3.05) is 6.61 Å². The third-order valence-corrected chi connectivity index (χ3v) is 9.99. The minimum absolute atomic E-state index is 0.186. The van der Waals surface area contributed by atoms with Crippen molar-refractivity contribution in [3.8, 4) is 0 Å². The Labute approximate surface area is 148 Å². The van der Waals surface area contributed by atoms with Gasteiger partial charge in [0.05, 0.1) is 12.5 Å². The van der Waals surface area contributed by atoms with Crippen LogP contribution in [0.1, 0.15) is 54.4 Å². The third-order valence-electron chi connectivity index (χ3n) is 5.45. The van der Waals surface area contributed by atoms with Gasteiger partial charge in [0.25, 0.3) is 0 Å². The molecule has 0 fully saturated rings. The molecule has 1 rings (SSSR count). The molecule has 0 bridgehead atoms. The maximum absolute atomic E-state index is 12.4. The smallest absolute Gasteiger partial charge is 0.324 e. The first-order valence-corrected chi connectivity index (χ1v) is 11.6. The van der Waals surface area contributed by atoms with Crippen molar-refractivity contribution >= 4 is 14.3 Å². The second-order valence-electron chi connectivity index (χ2n) is 8.49. The van der Waals surface area contributed by atoms with Crippen molar-refractivity contribution in [1.29, 1.82) is 0 Å². The molecule has 1 atom stereocenters. The summed E-state index contributed by atoms with van der Waals surface area (Å²) in [5.41, 5.74) is -1.45. The molecule has 0 aromatic rings. The molecular formula is C19H34O4Si. The quantitative estimate of drug-likeness (QED) is 0.261. The highest BCUT2D eigenvalue weighted by atomic mass is 28.4. The van der Waals surface area contributed by atoms with Crippen LogP contribution in [0.4, 0.5) is 0 Å². The van der Waals surface area contributed by atoms with E-state index < -0.39 is 19.3 Å². The topological polar surface area (TPSA) is 44.8 Å². The van der Waals surface area contributed by atoms with Crippen molar-refractivity contribution in [1.82, 2.24) is 0 Å². The molecule has 0 spiro atoms. The first-order valence-electron chi connectivity index (χ1n) is 8.71. The Balaban J connectivity index is 2.77. The summed E-state index contributed by atoms with van der Waals surface area (Å²) in [5.74, 6) is -0.246. The molecule has 1 aliphatic rings. The van der Waals surface area contributed by atoms with Crippen LogP contribution in [0.25, 0.3) is 0 Å². The third kappa shape index (κ3) is 4.31. The van der Waals surface area contributed by atoms with Gasteiger partial charge in [-0.15, -0.1) is 0 Å². The van der Waals surface area contributed by atoms with E-state index in [4.69, 9.17) is 13.9 Å². The number of carbonyl (C=O) groups is 1. The first-order chi connectivity index (χ1) is 10.9. The Kier molecular flexibility index (Phi) is 6.50. The largest absolute Gasteiger partial charge is 0.494 e. The van der Waals surface area contributed by atoms with Crippen LogP contribution in [0.15, 0.2) is 24.7 Å². The van der Waals surface area contributed by atoms with Gasteiger partial charge in [-0.2, -0.15) is 0 Å². The van der Waals surface area contributed by atoms with Crippen LogP contribution in [0.3, 0.4) is 0 Å². The van der Waals surface area contributed by atoms with Crippen LogP contribution >= 0.6 is 0 Å². The van der Waals surface area contributed by atoms with Gasteiger partial charge in [-0.25, -0.2) is 0 Å². The Morgan fingerprint density at radius 1 is 1.25 bits per heavy atom. The molecule has 138 valence electrons. The van der Waals surface area contributed by atoms with Crippen LogP contribution in [0, 0.1) is 5.41 Å². The van der Waals surface area contributed by atoms with E-state index in [1.165, 1.54) is 6.26 Å². The van der Waals surface area contributed by atoms with Crippen molar-refractivity contribution in [2.45, 2.75) is 78.1 Å². The summed E-state index contributed by atoms with van der Waals surface area (Å²) < 4.78 is 17.2. The van der Waals surface area contributed by atoms with Gasteiger partial charge >= 0.3 is 5.97 Å². The lowest BCUT2D eigenvalue weighted by Gasteiger charge is -2.40. The molecule has 0 amide bonds. The van der Waals surface area contributed by atoms with Gasteiger partial charge in [0, 0.05) is 6.61 Å². The van der Waals surface area contributed by atoms with Gasteiger partial charge in [-0.05, 0) is 57.8 Å². The summed E-state index contributed by atoms with van der Waals surface area (Å²) in [5, 5.41) is 0.186. The minimum atomic E-state index is -1.77. The number of esters is 1. The normalized spacial score (nSPS) is 22.2. The molecule has 24 heavy (non-hydrogen) atoms. The molecular weight excluding hydrogens is 320 g/mol.